The minimum Gasteiger partial charge on any atom is -0.495 e. The van der Waals surface area contributed by atoms with Crippen LogP contribution in [0.15, 0.2) is 12.4 Å². The van der Waals surface area contributed by atoms with Crippen molar-refractivity contribution in [2.24, 2.45) is 0 Å². The van der Waals surface area contributed by atoms with Gasteiger partial charge in [0, 0.05) is 11.8 Å². The third kappa shape index (κ3) is 1.88. The quantitative estimate of drug-likeness (QED) is 0.834. The van der Waals surface area contributed by atoms with E-state index in [9.17, 15) is 13.6 Å². The van der Waals surface area contributed by atoms with Crippen molar-refractivity contribution >= 4 is 5.97 Å². The van der Waals surface area contributed by atoms with E-state index in [1.54, 1.807) is 0 Å². The summed E-state index contributed by atoms with van der Waals surface area (Å²) in [6.45, 7) is 1.35. The zero-order valence-corrected chi connectivity index (χ0v) is 8.12. The van der Waals surface area contributed by atoms with Gasteiger partial charge >= 0.3 is 11.9 Å². The van der Waals surface area contributed by atoms with Crippen molar-refractivity contribution in [1.82, 2.24) is 4.98 Å². The summed E-state index contributed by atoms with van der Waals surface area (Å²) in [5, 5.41) is 8.36. The average Bonchev–Trinajstić information content (AvgIpc) is 2.17. The van der Waals surface area contributed by atoms with Gasteiger partial charge in [-0.3, -0.25) is 4.98 Å². The van der Waals surface area contributed by atoms with Gasteiger partial charge < -0.3 is 9.84 Å². The number of aromatic nitrogens is 1. The molecule has 15 heavy (non-hydrogen) atoms. The molecule has 1 rings (SSSR count). The number of carboxylic acids is 1. The van der Waals surface area contributed by atoms with Gasteiger partial charge in [0.25, 0.3) is 0 Å². The summed E-state index contributed by atoms with van der Waals surface area (Å²) in [4.78, 5) is 13.9. The second-order valence-corrected chi connectivity index (χ2v) is 2.89. The fraction of sp³-hybridized carbons (Fsp3) is 0.333. The predicted molar refractivity (Wildman–Crippen MR) is 47.1 cm³/mol. The van der Waals surface area contributed by atoms with Crippen LogP contribution in [-0.2, 0) is 10.7 Å². The van der Waals surface area contributed by atoms with E-state index >= 15 is 0 Å². The fourth-order valence-electron chi connectivity index (χ4n) is 1.14. The van der Waals surface area contributed by atoms with E-state index in [0.717, 1.165) is 6.20 Å². The van der Waals surface area contributed by atoms with Crippen molar-refractivity contribution in [2.75, 3.05) is 7.11 Å². The van der Waals surface area contributed by atoms with E-state index in [1.807, 2.05) is 0 Å². The second-order valence-electron chi connectivity index (χ2n) is 2.89. The largest absolute Gasteiger partial charge is 0.495 e. The first-order valence-electron chi connectivity index (χ1n) is 4.01. The van der Waals surface area contributed by atoms with Crippen LogP contribution in [0.25, 0.3) is 0 Å². The fourth-order valence-corrected chi connectivity index (χ4v) is 1.14. The van der Waals surface area contributed by atoms with Gasteiger partial charge in [0.2, 0.25) is 0 Å². The number of carbonyl (C=O) groups is 1. The summed E-state index contributed by atoms with van der Waals surface area (Å²) < 4.78 is 31.1. The third-order valence-corrected chi connectivity index (χ3v) is 2.00. The van der Waals surface area contributed by atoms with Gasteiger partial charge in [-0.1, -0.05) is 0 Å². The summed E-state index contributed by atoms with van der Waals surface area (Å²) >= 11 is 0. The lowest BCUT2D eigenvalue weighted by Gasteiger charge is -2.15. The van der Waals surface area contributed by atoms with Crippen molar-refractivity contribution in [3.05, 3.63) is 23.5 Å². The molecule has 1 aromatic rings. The highest BCUT2D eigenvalue weighted by atomic mass is 19.3. The Kier molecular flexibility index (Phi) is 2.88. The molecule has 0 aliphatic carbocycles. The summed E-state index contributed by atoms with van der Waals surface area (Å²) in [7, 11) is 1.30. The molecule has 0 saturated carbocycles. The van der Waals surface area contributed by atoms with E-state index in [0.29, 0.717) is 0 Å². The molecule has 1 aromatic heterocycles. The molecule has 0 aromatic carbocycles. The average molecular weight is 217 g/mol. The van der Waals surface area contributed by atoms with Crippen molar-refractivity contribution in [3.63, 3.8) is 0 Å². The van der Waals surface area contributed by atoms with Crippen LogP contribution in [0.4, 0.5) is 8.78 Å². The molecule has 0 unspecified atom stereocenters. The number of rotatable bonds is 3. The summed E-state index contributed by atoms with van der Waals surface area (Å²) in [6, 6.07) is 0. The SMILES string of the molecule is COc1cncc(C(F)(F)C(=O)O)c1C. The molecular formula is C9H9F2NO3. The predicted octanol–water partition coefficient (Wildman–Crippen LogP) is 1.58. The van der Waals surface area contributed by atoms with E-state index in [-0.39, 0.29) is 11.3 Å². The first kappa shape index (κ1) is 11.4. The molecule has 0 fully saturated rings. The number of ether oxygens (including phenoxy) is 1. The van der Waals surface area contributed by atoms with Crippen LogP contribution >= 0.6 is 0 Å². The van der Waals surface area contributed by atoms with E-state index in [1.165, 1.54) is 20.2 Å². The maximum Gasteiger partial charge on any atom is 0.379 e. The number of alkyl halides is 2. The van der Waals surface area contributed by atoms with E-state index < -0.39 is 17.5 Å². The lowest BCUT2D eigenvalue weighted by molar-refractivity contribution is -0.166. The Bertz CT molecular complexity index is 393. The Labute approximate surface area is 84.5 Å². The molecule has 4 nitrogen and oxygen atoms in total. The van der Waals surface area contributed by atoms with Crippen LogP contribution in [0.1, 0.15) is 11.1 Å². The minimum atomic E-state index is -3.95. The first-order chi connectivity index (χ1) is 6.91. The molecule has 0 atom stereocenters. The van der Waals surface area contributed by atoms with Crippen molar-refractivity contribution in [3.8, 4) is 5.75 Å². The Hall–Kier alpha value is -1.72. The normalized spacial score (nSPS) is 11.2. The van der Waals surface area contributed by atoms with Crippen molar-refractivity contribution in [2.45, 2.75) is 12.8 Å². The molecular weight excluding hydrogens is 208 g/mol. The van der Waals surface area contributed by atoms with Gasteiger partial charge in [-0.2, -0.15) is 8.78 Å². The zero-order valence-electron chi connectivity index (χ0n) is 8.12. The summed E-state index contributed by atoms with van der Waals surface area (Å²) in [6.07, 6.45) is 2.07. The van der Waals surface area contributed by atoms with Gasteiger partial charge in [0.15, 0.2) is 0 Å². The molecule has 0 radical (unpaired) electrons. The Morgan fingerprint density at radius 2 is 2.13 bits per heavy atom. The molecule has 1 heterocycles. The van der Waals surface area contributed by atoms with Crippen molar-refractivity contribution < 1.29 is 23.4 Å². The molecule has 82 valence electrons. The van der Waals surface area contributed by atoms with E-state index in [2.05, 4.69) is 4.98 Å². The molecule has 0 saturated heterocycles. The molecule has 0 aliphatic heterocycles. The third-order valence-electron chi connectivity index (χ3n) is 2.00. The standard InChI is InChI=1S/C9H9F2NO3/c1-5-6(9(10,11)8(13)14)3-12-4-7(5)15-2/h3-4H,1-2H3,(H,13,14). The number of hydrogen-bond donors (Lipinski definition) is 1. The highest BCUT2D eigenvalue weighted by Gasteiger charge is 2.43. The summed E-state index contributed by atoms with van der Waals surface area (Å²) in [5.41, 5.74) is -0.589. The van der Waals surface area contributed by atoms with Crippen LogP contribution in [-0.4, -0.2) is 23.2 Å². The zero-order chi connectivity index (χ0) is 11.6. The van der Waals surface area contributed by atoms with Crippen LogP contribution in [0.3, 0.4) is 0 Å². The van der Waals surface area contributed by atoms with Gasteiger partial charge in [-0.05, 0) is 6.92 Å². The highest BCUT2D eigenvalue weighted by molar-refractivity contribution is 5.78. The number of halogens is 2. The van der Waals surface area contributed by atoms with Gasteiger partial charge in [0.05, 0.1) is 18.9 Å². The number of pyridine rings is 1. The second kappa shape index (κ2) is 3.80. The molecule has 0 bridgehead atoms. The monoisotopic (exact) mass is 217 g/mol. The molecule has 0 amide bonds. The van der Waals surface area contributed by atoms with E-state index in [4.69, 9.17) is 9.84 Å². The van der Waals surface area contributed by atoms with Gasteiger partial charge in [-0.15, -0.1) is 0 Å². The number of carboxylic acid groups (broad SMARTS) is 1. The molecule has 0 spiro atoms. The number of hydrogen-bond acceptors (Lipinski definition) is 3. The molecule has 1 N–H and O–H groups in total. The van der Waals surface area contributed by atoms with Gasteiger partial charge in [-0.25, -0.2) is 4.79 Å². The topological polar surface area (TPSA) is 59.4 Å². The molecule has 0 aliphatic rings. The Balaban J connectivity index is 3.32. The van der Waals surface area contributed by atoms with Crippen LogP contribution in [0, 0.1) is 6.92 Å². The molecule has 6 heteroatoms. The maximum atomic E-state index is 13.2. The van der Waals surface area contributed by atoms with Crippen LogP contribution < -0.4 is 4.74 Å². The first-order valence-corrected chi connectivity index (χ1v) is 4.01. The van der Waals surface area contributed by atoms with Gasteiger partial charge in [0.1, 0.15) is 5.75 Å². The lowest BCUT2D eigenvalue weighted by atomic mass is 10.1. The van der Waals surface area contributed by atoms with Crippen molar-refractivity contribution in [1.29, 1.82) is 0 Å². The van der Waals surface area contributed by atoms with Crippen LogP contribution in [0.5, 0.6) is 5.75 Å². The maximum absolute atomic E-state index is 13.2. The number of aliphatic carboxylic acids is 1. The number of nitrogens with zero attached hydrogens (tertiary/aromatic N) is 1. The summed E-state index contributed by atoms with van der Waals surface area (Å²) in [5.74, 6) is -6.03. The Morgan fingerprint density at radius 3 is 2.60 bits per heavy atom. The minimum absolute atomic E-state index is 0.0694. The highest BCUT2D eigenvalue weighted by Crippen LogP contribution is 2.33. The van der Waals surface area contributed by atoms with Crippen LogP contribution in [0.2, 0.25) is 0 Å². The lowest BCUT2D eigenvalue weighted by Crippen LogP contribution is -2.26. The Morgan fingerprint density at radius 1 is 1.53 bits per heavy atom. The number of methoxy groups -OCH3 is 1. The smallest absolute Gasteiger partial charge is 0.379 e.